The summed E-state index contributed by atoms with van der Waals surface area (Å²) in [5.41, 5.74) is -10.0. The molecule has 0 aromatic carbocycles. The first kappa shape index (κ1) is 145. The monoisotopic (exact) mass is 8320 g/mol. The SMILES string of the molecule is CC.CC.CC.CC.CC.O[C-](C(F)(F)F)C1(C(F)(F)F)CC2[CH-]C1C1C3CCC(C3)C21.O[C-](C(F)(F)F)C1(F)CC2[CH-]C1C1C3CCC(C3)C21.O[C-](C1CC2[CH-]C1C1C3CCC(C3)C21)C(F)(F)F.O[C-](CC1(C(F)(F)F)CC2[CH-]C1C1C3CCC(C3)C21)C(F)(F)F.O[C-](CC1(F)CC2[CH-]C1C1C3CCC(C3)C21)C(F)(F)F.[Rf].[Rf].[Rf].[Rf].[Rf].[Rf].[Rf].[Rf].[Rf].[Rf].[Rf].[Rf].[Rf].[Rf].[Rf].[Rf].[Rf].[Rf].[Rf].[Rf].[Rf].[Rf].[Rf].[Rf].[Rf]. The number of fused-ring (bicyclic) bond motifs is 45. The third-order valence-electron chi connectivity index (χ3n) is 32.3. The predicted octanol–water partition coefficient (Wildman–Crippen LogP) is 25.9. The van der Waals surface area contributed by atoms with Crippen LogP contribution < -0.4 is 0 Å². The molecule has 20 saturated carbocycles. The molecule has 137 heavy (non-hydrogen) atoms. The van der Waals surface area contributed by atoms with Crippen LogP contribution in [0.25, 0.3) is 0 Å². The molecular formula is C84H115F23O5Rf25-10. The Kier molecular flexibility index (Phi) is 44.6. The van der Waals surface area contributed by atoms with E-state index in [1.165, 1.54) is 32.1 Å². The molecule has 5 nitrogen and oxygen atoms in total. The van der Waals surface area contributed by atoms with Gasteiger partial charge < -0.3 is 57.6 Å². The van der Waals surface area contributed by atoms with E-state index in [1.807, 2.05) is 75.7 Å². The fraction of sp³-hybridized carbons (Fsp3) is 0.881. The number of aliphatic hydroxyl groups excluding tert-OH is 5. The van der Waals surface area contributed by atoms with Gasteiger partial charge in [-0.05, 0) is 168 Å². The number of aliphatic hydroxyl groups is 5. The van der Waals surface area contributed by atoms with Crippen molar-refractivity contribution in [1.29, 1.82) is 0 Å². The summed E-state index contributed by atoms with van der Waals surface area (Å²) >= 11 is 0. The molecule has 20 rings (SSSR count). The number of hydrogen-bond acceptors (Lipinski definition) is 5. The Balaban J connectivity index is -0.0000000978. The van der Waals surface area contributed by atoms with Gasteiger partial charge in [-0.3, -0.25) is 4.39 Å². The van der Waals surface area contributed by atoms with Gasteiger partial charge in [-0.2, -0.15) is 85.5 Å². The Hall–Kier alpha value is -26.8. The van der Waals surface area contributed by atoms with E-state index < -0.39 is 145 Å². The van der Waals surface area contributed by atoms with Crippen LogP contribution in [0.2, 0.25) is 0 Å². The van der Waals surface area contributed by atoms with Crippen LogP contribution in [0.3, 0.4) is 0 Å². The van der Waals surface area contributed by atoms with Gasteiger partial charge in [0.05, 0.1) is 5.67 Å². The molecule has 20 bridgehead atoms. The third-order valence-corrected chi connectivity index (χ3v) is 32.3. The minimum atomic E-state index is -5.33. The van der Waals surface area contributed by atoms with Crippen molar-refractivity contribution in [2.45, 2.75) is 265 Å². The summed E-state index contributed by atoms with van der Waals surface area (Å²) in [5.74, 6) is 2.57. The second-order valence-corrected chi connectivity index (χ2v) is 35.9. The van der Waals surface area contributed by atoms with E-state index in [0.717, 1.165) is 76.5 Å². The predicted molar refractivity (Wildman–Crippen MR) is 369 cm³/mol. The molecule has 5 N–H and O–H groups in total. The molecule has 0 spiro atoms. The first-order chi connectivity index (χ1) is 52.2. The van der Waals surface area contributed by atoms with Gasteiger partial charge in [0.25, 0.3) is 30.9 Å². The topological polar surface area (TPSA) is 101 Å². The molecule has 35 unspecified atom stereocenters. The van der Waals surface area contributed by atoms with Crippen molar-refractivity contribution in [2.75, 3.05) is 0 Å². The van der Waals surface area contributed by atoms with Gasteiger partial charge in [-0.1, -0.05) is 184 Å². The molecule has 35 atom stereocenters. The van der Waals surface area contributed by atoms with Crippen molar-refractivity contribution >= 4 is 0 Å². The normalized spacial score (nSPS) is 38.9. The van der Waals surface area contributed by atoms with Gasteiger partial charge in [0, 0.05) is 5.41 Å². The van der Waals surface area contributed by atoms with Crippen molar-refractivity contribution in [3.63, 3.8) is 0 Å². The van der Waals surface area contributed by atoms with E-state index in [2.05, 4.69) is 6.42 Å². The maximum atomic E-state index is 15.0. The fourth-order valence-corrected chi connectivity index (χ4v) is 29.9. The van der Waals surface area contributed by atoms with E-state index in [4.69, 9.17) is 5.11 Å². The second-order valence-electron chi connectivity index (χ2n) is 35.9. The molecule has 20 aliphatic rings. The van der Waals surface area contributed by atoms with Crippen molar-refractivity contribution in [1.82, 2.24) is 0 Å². The number of alkyl halides is 23. The molecule has 0 aromatic rings. The van der Waals surface area contributed by atoms with Crippen LogP contribution in [-0.4, -0.2) is 80.1 Å². The Bertz CT molecular complexity index is 3210. The molecular weight excluding hydrogens is 8200 g/mol. The van der Waals surface area contributed by atoms with Crippen LogP contribution in [0.1, 0.15) is 210 Å². The minimum Gasteiger partial charge on any atom is -0.554 e. The zero-order chi connectivity index (χ0) is 83.4. The third kappa shape index (κ3) is 18.0. The molecule has 0 radical (unpaired) electrons. The first-order valence-electron chi connectivity index (χ1n) is 42.1. The summed E-state index contributed by atoms with van der Waals surface area (Å²) in [6.45, 7) is 20.0. The van der Waals surface area contributed by atoms with E-state index >= 15 is 4.39 Å². The van der Waals surface area contributed by atoms with Crippen LogP contribution in [0.4, 0.5) is 101 Å². The second kappa shape index (κ2) is 42.1. The molecule has 20 fully saturated rings. The summed E-state index contributed by atoms with van der Waals surface area (Å²) in [5, 5.41) is 46.8. The summed E-state index contributed by atoms with van der Waals surface area (Å²) in [6, 6.07) is 0. The smallest absolute Gasteiger partial charge is 0.389 e. The Morgan fingerprint density at radius 1 is 0.255 bits per heavy atom. The average molecular weight is 8320 g/mol. The largest absolute Gasteiger partial charge is 0.554 e. The van der Waals surface area contributed by atoms with Gasteiger partial charge in [0.2, 0.25) is 0 Å². The minimum absolute atomic E-state index is 0. The molecule has 53 heteroatoms. The first-order valence-corrected chi connectivity index (χ1v) is 42.1. The molecule has 0 aliphatic heterocycles. The average Bonchev–Trinajstić information content (AvgIpc) is 1.52. The standard InChI is InChI=1S/C16H18F6O.C15H16F6O.C15H18F4O.C14H16F4O.C14H17F3O.5C2H6.25Rf/c17-15(18,19)11(23)6-14(16(20,21)22)5-9-4-10(14)13-8-2-1-7(3-8)12(9)13;16-14(17,18)12(22)13(15(19,20)21)5-8-4-9(13)11-7-2-1-6(3-7)10(8)11;16-14(6-11(20)15(17,18)19)5-9-4-10(14)13-8-2-1-7(3-8)12(9)13;15-13(12(19)14(16,17)18)5-8-4-9(13)11-7-2-1-6(3-7)10(8)11;15-14(16,17)13(18)10-5-8-4-9(10)12-7-2-1-6(3-7)11(8)12;5*1-2;;;;;;;;;;;;;;;;;;;;;;;;;/h4,7-10,12-13,23H,1-3,5-6H2;4,6-11,22H,1-3,5H2;4,7-10,12-13,20H,1-3,5-6H2;4,6-11,19H,1-3,5H2;4,6-12,18H,1-3,5H2;5*1-2H3;;;;;;;;;;;;;;;;;;;;;;;;;/q5*-2;;;;;;;;;;;;;;;;;;;;;;;;;;;;;;. The zero-order valence-electron chi connectivity index (χ0n) is 82.9. The molecule has 0 amide bonds. The van der Waals surface area contributed by atoms with Crippen molar-refractivity contribution in [2.24, 2.45) is 194 Å². The van der Waals surface area contributed by atoms with Gasteiger partial charge in [0.15, 0.2) is 0 Å². The molecule has 0 heterocycles. The quantitative estimate of drug-likeness (QED) is 0.0993. The number of halogens is 23. The van der Waals surface area contributed by atoms with E-state index in [1.54, 1.807) is 12.8 Å². The summed E-state index contributed by atoms with van der Waals surface area (Å²) < 4.78 is 302. The van der Waals surface area contributed by atoms with Crippen LogP contribution in [-0.2, 0) is 0 Å². The van der Waals surface area contributed by atoms with Crippen LogP contribution in [0.5, 0.6) is 0 Å². The maximum Gasteiger partial charge on any atom is 0.389 e. The number of hydrogen-bond donors (Lipinski definition) is 5. The van der Waals surface area contributed by atoms with Crippen molar-refractivity contribution < 1.29 is 127 Å². The Morgan fingerprint density at radius 2 is 0.518 bits per heavy atom. The maximum absolute atomic E-state index is 15.0. The fourth-order valence-electron chi connectivity index (χ4n) is 29.9. The zero-order valence-corrected chi connectivity index (χ0v) is 243. The van der Waals surface area contributed by atoms with Gasteiger partial charge in [0.1, 0.15) is 0 Å². The number of rotatable bonds is 7. The molecule has 0 saturated heterocycles. The van der Waals surface area contributed by atoms with Crippen LogP contribution >= 0.6 is 0 Å². The van der Waals surface area contributed by atoms with Gasteiger partial charge in [-0.15, -0.1) is 25.2 Å². The van der Waals surface area contributed by atoms with Gasteiger partial charge >= 0.3 is 12.4 Å². The van der Waals surface area contributed by atoms with Gasteiger partial charge in [-0.25, -0.2) is 70.2 Å². The van der Waals surface area contributed by atoms with Crippen LogP contribution in [0.15, 0.2) is 0 Å². The molecule has 0 aromatic heterocycles. The Labute approximate surface area is 646 Å². The van der Waals surface area contributed by atoms with E-state index in [9.17, 15) is 117 Å². The summed E-state index contributed by atoms with van der Waals surface area (Å²) in [7, 11) is 0. The van der Waals surface area contributed by atoms with E-state index in [-0.39, 0.29) is 96.2 Å². The Morgan fingerprint density at radius 3 is 0.839 bits per heavy atom. The summed E-state index contributed by atoms with van der Waals surface area (Å²) in [4.78, 5) is 0. The van der Waals surface area contributed by atoms with Crippen LogP contribution in [0, 0.1) is 257 Å². The van der Waals surface area contributed by atoms with Crippen molar-refractivity contribution in [3.05, 3.63) is 62.6 Å². The van der Waals surface area contributed by atoms with E-state index in [0.29, 0.717) is 77.4 Å². The molecule has 702 valence electrons. The molecule has 20 aliphatic carbocycles. The summed E-state index contributed by atoms with van der Waals surface area (Å²) in [6.07, 6.45) is -21.3. The van der Waals surface area contributed by atoms with Crippen molar-refractivity contribution in [3.8, 4) is 0 Å².